The van der Waals surface area contributed by atoms with Crippen molar-refractivity contribution in [2.75, 3.05) is 26.3 Å². The predicted octanol–water partition coefficient (Wildman–Crippen LogP) is 2.50. The van der Waals surface area contributed by atoms with E-state index in [0.29, 0.717) is 12.6 Å². The average molecular weight is 292 g/mol. The third-order valence-electron chi connectivity index (χ3n) is 3.98. The highest BCUT2D eigenvalue weighted by Crippen LogP contribution is 2.25. The summed E-state index contributed by atoms with van der Waals surface area (Å²) in [5.41, 5.74) is 8.25. The third-order valence-corrected chi connectivity index (χ3v) is 3.98. The van der Waals surface area contributed by atoms with Crippen LogP contribution in [0.1, 0.15) is 37.9 Å². The van der Waals surface area contributed by atoms with Crippen LogP contribution in [0.2, 0.25) is 0 Å². The molecule has 1 fully saturated rings. The first-order valence-electron chi connectivity index (χ1n) is 7.82. The van der Waals surface area contributed by atoms with E-state index < -0.39 is 0 Å². The molecule has 2 atom stereocenters. The van der Waals surface area contributed by atoms with E-state index in [1.54, 1.807) is 0 Å². The molecular formula is C17H28N2O2. The van der Waals surface area contributed by atoms with Gasteiger partial charge in [-0.2, -0.15) is 0 Å². The molecule has 1 saturated heterocycles. The van der Waals surface area contributed by atoms with Gasteiger partial charge in [-0.3, -0.25) is 4.90 Å². The lowest BCUT2D eigenvalue weighted by Crippen LogP contribution is -2.47. The molecule has 1 aromatic rings. The van der Waals surface area contributed by atoms with Gasteiger partial charge in [-0.25, -0.2) is 0 Å². The zero-order valence-electron chi connectivity index (χ0n) is 13.6. The minimum atomic E-state index is -0.0277. The molecule has 118 valence electrons. The second-order valence-electron chi connectivity index (χ2n) is 6.22. The number of ether oxygens (including phenoxy) is 2. The lowest BCUT2D eigenvalue weighted by molar-refractivity contribution is -0.0565. The number of aryl methyl sites for hydroxylation is 1. The summed E-state index contributed by atoms with van der Waals surface area (Å²) in [7, 11) is 0. The van der Waals surface area contributed by atoms with E-state index in [1.807, 2.05) is 6.92 Å². The Hall–Kier alpha value is -1.10. The van der Waals surface area contributed by atoms with Crippen molar-refractivity contribution in [2.24, 2.45) is 5.73 Å². The Balaban J connectivity index is 1.98. The number of benzene rings is 1. The monoisotopic (exact) mass is 292 g/mol. The van der Waals surface area contributed by atoms with Crippen molar-refractivity contribution in [1.29, 1.82) is 0 Å². The lowest BCUT2D eigenvalue weighted by atomic mass is 10.1. The summed E-state index contributed by atoms with van der Waals surface area (Å²) in [5.74, 6) is 0.885. The van der Waals surface area contributed by atoms with E-state index in [1.165, 1.54) is 5.56 Å². The van der Waals surface area contributed by atoms with Crippen LogP contribution in [0.15, 0.2) is 18.2 Å². The Bertz CT molecular complexity index is 460. The molecule has 0 aliphatic carbocycles. The molecule has 0 saturated carbocycles. The molecule has 0 amide bonds. The molecule has 0 radical (unpaired) electrons. The molecule has 0 spiro atoms. The number of nitrogens with zero attached hydrogens (tertiary/aromatic N) is 1. The average Bonchev–Trinajstić information content (AvgIpc) is 2.45. The van der Waals surface area contributed by atoms with Crippen molar-refractivity contribution >= 4 is 0 Å². The van der Waals surface area contributed by atoms with Crippen LogP contribution in [-0.4, -0.2) is 43.3 Å². The first kappa shape index (κ1) is 16.3. The molecule has 2 rings (SSSR count). The van der Waals surface area contributed by atoms with Gasteiger partial charge in [-0.15, -0.1) is 0 Å². The molecule has 2 N–H and O–H groups in total. The molecule has 4 nitrogen and oxygen atoms in total. The first-order valence-corrected chi connectivity index (χ1v) is 7.82. The largest absolute Gasteiger partial charge is 0.490 e. The Morgan fingerprint density at radius 3 is 2.81 bits per heavy atom. The fourth-order valence-electron chi connectivity index (χ4n) is 2.64. The molecule has 0 bridgehead atoms. The van der Waals surface area contributed by atoms with E-state index in [0.717, 1.165) is 31.0 Å². The predicted molar refractivity (Wildman–Crippen MR) is 85.7 cm³/mol. The van der Waals surface area contributed by atoms with Gasteiger partial charge in [0, 0.05) is 30.7 Å². The summed E-state index contributed by atoms with van der Waals surface area (Å²) in [6, 6.07) is 6.71. The van der Waals surface area contributed by atoms with E-state index in [4.69, 9.17) is 15.2 Å². The highest BCUT2D eigenvalue weighted by molar-refractivity contribution is 5.38. The van der Waals surface area contributed by atoms with Crippen LogP contribution in [0.3, 0.4) is 0 Å². The van der Waals surface area contributed by atoms with Crippen LogP contribution in [0.4, 0.5) is 0 Å². The molecular weight excluding hydrogens is 264 g/mol. The molecule has 4 heteroatoms. The van der Waals surface area contributed by atoms with E-state index in [9.17, 15) is 0 Å². The van der Waals surface area contributed by atoms with Crippen LogP contribution in [-0.2, 0) is 4.74 Å². The summed E-state index contributed by atoms with van der Waals surface area (Å²) in [6.07, 6.45) is 0.127. The van der Waals surface area contributed by atoms with Crippen LogP contribution >= 0.6 is 0 Å². The standard InChI is InChI=1S/C17H28N2O2/c1-12(2)19-7-8-20-15(10-19)11-21-17-9-13(3)5-6-16(17)14(4)18/h5-6,9,12,14-15H,7-8,10-11,18H2,1-4H3/t14-,15?/m0/s1. The summed E-state index contributed by atoms with van der Waals surface area (Å²) < 4.78 is 11.8. The van der Waals surface area contributed by atoms with E-state index in [2.05, 4.69) is 43.9 Å². The van der Waals surface area contributed by atoms with Gasteiger partial charge in [-0.05, 0) is 39.3 Å². The van der Waals surface area contributed by atoms with Crippen molar-refractivity contribution < 1.29 is 9.47 Å². The second-order valence-corrected chi connectivity index (χ2v) is 6.22. The van der Waals surface area contributed by atoms with E-state index >= 15 is 0 Å². The summed E-state index contributed by atoms with van der Waals surface area (Å²) in [6.45, 7) is 11.8. The van der Waals surface area contributed by atoms with Gasteiger partial charge in [0.25, 0.3) is 0 Å². The maximum Gasteiger partial charge on any atom is 0.124 e. The Morgan fingerprint density at radius 1 is 1.38 bits per heavy atom. The highest BCUT2D eigenvalue weighted by atomic mass is 16.5. The van der Waals surface area contributed by atoms with Gasteiger partial charge < -0.3 is 15.2 Å². The molecule has 1 aliphatic heterocycles. The van der Waals surface area contributed by atoms with Gasteiger partial charge in [0.2, 0.25) is 0 Å². The fourth-order valence-corrected chi connectivity index (χ4v) is 2.64. The highest BCUT2D eigenvalue weighted by Gasteiger charge is 2.23. The van der Waals surface area contributed by atoms with Gasteiger partial charge in [0.05, 0.1) is 6.61 Å². The zero-order chi connectivity index (χ0) is 15.4. The Labute approximate surface area is 128 Å². The fraction of sp³-hybridized carbons (Fsp3) is 0.647. The number of rotatable bonds is 5. The topological polar surface area (TPSA) is 47.7 Å². The third kappa shape index (κ3) is 4.43. The lowest BCUT2D eigenvalue weighted by Gasteiger charge is -2.35. The number of morpholine rings is 1. The first-order chi connectivity index (χ1) is 9.97. The molecule has 1 unspecified atom stereocenters. The molecule has 1 aromatic carbocycles. The molecule has 1 heterocycles. The normalized spacial score (nSPS) is 21.5. The van der Waals surface area contributed by atoms with Gasteiger partial charge in [-0.1, -0.05) is 12.1 Å². The summed E-state index contributed by atoms with van der Waals surface area (Å²) in [5, 5.41) is 0. The van der Waals surface area contributed by atoms with Crippen molar-refractivity contribution in [1.82, 2.24) is 4.90 Å². The van der Waals surface area contributed by atoms with Crippen LogP contribution in [0, 0.1) is 6.92 Å². The molecule has 1 aliphatic rings. The number of nitrogens with two attached hydrogens (primary N) is 1. The van der Waals surface area contributed by atoms with Crippen molar-refractivity contribution in [2.45, 2.75) is 45.9 Å². The molecule has 0 aromatic heterocycles. The van der Waals surface area contributed by atoms with Crippen molar-refractivity contribution in [3.63, 3.8) is 0 Å². The summed E-state index contributed by atoms with van der Waals surface area (Å²) >= 11 is 0. The van der Waals surface area contributed by atoms with Gasteiger partial charge in [0.15, 0.2) is 0 Å². The minimum absolute atomic E-state index is 0.0277. The SMILES string of the molecule is Cc1ccc([C@H](C)N)c(OCC2CN(C(C)C)CCO2)c1. The Morgan fingerprint density at radius 2 is 2.14 bits per heavy atom. The minimum Gasteiger partial charge on any atom is -0.490 e. The Kier molecular flexibility index (Phi) is 5.62. The quantitative estimate of drug-likeness (QED) is 0.906. The van der Waals surface area contributed by atoms with Crippen LogP contribution in [0.5, 0.6) is 5.75 Å². The zero-order valence-corrected chi connectivity index (χ0v) is 13.6. The van der Waals surface area contributed by atoms with Crippen LogP contribution in [0.25, 0.3) is 0 Å². The maximum absolute atomic E-state index is 6.02. The number of hydrogen-bond donors (Lipinski definition) is 1. The summed E-state index contributed by atoms with van der Waals surface area (Å²) in [4.78, 5) is 2.43. The second kappa shape index (κ2) is 7.25. The van der Waals surface area contributed by atoms with Crippen LogP contribution < -0.4 is 10.5 Å². The smallest absolute Gasteiger partial charge is 0.124 e. The molecule has 21 heavy (non-hydrogen) atoms. The van der Waals surface area contributed by atoms with Crippen molar-refractivity contribution in [3.05, 3.63) is 29.3 Å². The van der Waals surface area contributed by atoms with Crippen molar-refractivity contribution in [3.8, 4) is 5.75 Å². The van der Waals surface area contributed by atoms with Gasteiger partial charge >= 0.3 is 0 Å². The van der Waals surface area contributed by atoms with Gasteiger partial charge in [0.1, 0.15) is 18.5 Å². The number of hydrogen-bond acceptors (Lipinski definition) is 4. The maximum atomic E-state index is 6.02. The van der Waals surface area contributed by atoms with E-state index in [-0.39, 0.29) is 12.1 Å².